The lowest BCUT2D eigenvalue weighted by molar-refractivity contribution is 0.101. The maximum absolute atomic E-state index is 12.9. The molecule has 1 fully saturated rings. The normalized spacial score (nSPS) is 22.7. The number of phenolic OH excluding ortho intramolecular Hbond substituents is 1. The van der Waals surface area contributed by atoms with Crippen LogP contribution in [0.4, 0.5) is 0 Å². The van der Waals surface area contributed by atoms with Crippen molar-refractivity contribution in [3.8, 4) is 11.5 Å². The number of ketones is 1. The number of carbonyl (C=O) groups is 1. The van der Waals surface area contributed by atoms with Gasteiger partial charge in [-0.15, -0.1) is 0 Å². The third-order valence-corrected chi connectivity index (χ3v) is 6.84. The molecule has 33 heavy (non-hydrogen) atoms. The van der Waals surface area contributed by atoms with E-state index in [1.165, 1.54) is 0 Å². The van der Waals surface area contributed by atoms with Crippen LogP contribution in [-0.4, -0.2) is 38.4 Å². The first-order valence-corrected chi connectivity index (χ1v) is 11.2. The number of phenols is 1. The van der Waals surface area contributed by atoms with Crippen molar-refractivity contribution in [1.82, 2.24) is 14.5 Å². The van der Waals surface area contributed by atoms with E-state index in [1.807, 2.05) is 22.8 Å². The second-order valence-electron chi connectivity index (χ2n) is 9.06. The number of rotatable bonds is 3. The van der Waals surface area contributed by atoms with Gasteiger partial charge in [-0.1, -0.05) is 12.1 Å². The van der Waals surface area contributed by atoms with Crippen LogP contribution >= 0.6 is 0 Å². The Morgan fingerprint density at radius 3 is 2.85 bits per heavy atom. The molecular formula is C26H23N3O4. The second kappa shape index (κ2) is 7.71. The molecule has 2 aromatic heterocycles. The van der Waals surface area contributed by atoms with Crippen LogP contribution in [0.25, 0.3) is 6.08 Å². The highest BCUT2D eigenvalue weighted by Crippen LogP contribution is 2.42. The number of Topliss-reactive ketones (excluding diaryl/α,β-unsaturated/α-hetero) is 1. The molecular weight excluding hydrogens is 418 g/mol. The number of pyridine rings is 2. The molecule has 0 radical (unpaired) electrons. The van der Waals surface area contributed by atoms with Crippen LogP contribution in [0.15, 0.2) is 65.4 Å². The number of fused-ring (bicyclic) bond motifs is 5. The second-order valence-corrected chi connectivity index (χ2v) is 9.06. The topological polar surface area (TPSA) is 84.7 Å². The molecule has 3 aliphatic heterocycles. The molecule has 0 saturated carbocycles. The van der Waals surface area contributed by atoms with Crippen LogP contribution in [0, 0.1) is 5.92 Å². The third kappa shape index (κ3) is 3.45. The van der Waals surface area contributed by atoms with Crippen molar-refractivity contribution < 1.29 is 14.6 Å². The average molecular weight is 441 g/mol. The summed E-state index contributed by atoms with van der Waals surface area (Å²) in [4.78, 5) is 31.6. The summed E-state index contributed by atoms with van der Waals surface area (Å²) < 4.78 is 7.90. The lowest BCUT2D eigenvalue weighted by Crippen LogP contribution is -2.46. The molecule has 5 heterocycles. The Labute approximate surface area is 190 Å². The molecule has 0 spiro atoms. The van der Waals surface area contributed by atoms with E-state index in [1.54, 1.807) is 42.7 Å². The molecule has 2 unspecified atom stereocenters. The van der Waals surface area contributed by atoms with E-state index in [2.05, 4.69) is 9.88 Å². The lowest BCUT2D eigenvalue weighted by Gasteiger charge is -2.42. The summed E-state index contributed by atoms with van der Waals surface area (Å²) in [7, 11) is 0. The summed E-state index contributed by atoms with van der Waals surface area (Å²) in [5.41, 5.74) is 3.01. The summed E-state index contributed by atoms with van der Waals surface area (Å²) in [5, 5.41) is 10.7. The Morgan fingerprint density at radius 2 is 2.00 bits per heavy atom. The number of benzene rings is 1. The van der Waals surface area contributed by atoms with Crippen LogP contribution < -0.4 is 10.3 Å². The fourth-order valence-corrected chi connectivity index (χ4v) is 5.41. The van der Waals surface area contributed by atoms with Gasteiger partial charge in [-0.25, -0.2) is 0 Å². The van der Waals surface area contributed by atoms with Crippen molar-refractivity contribution in [3.05, 3.63) is 93.4 Å². The predicted molar refractivity (Wildman–Crippen MR) is 122 cm³/mol. The van der Waals surface area contributed by atoms with Crippen molar-refractivity contribution in [3.63, 3.8) is 0 Å². The molecule has 2 atom stereocenters. The van der Waals surface area contributed by atoms with Gasteiger partial charge in [0.25, 0.3) is 5.56 Å². The smallest absolute Gasteiger partial charge is 0.250 e. The van der Waals surface area contributed by atoms with Crippen LogP contribution in [0.3, 0.4) is 0 Å². The van der Waals surface area contributed by atoms with Gasteiger partial charge in [0.15, 0.2) is 5.76 Å². The number of hydrogen-bond acceptors (Lipinski definition) is 6. The minimum Gasteiger partial charge on any atom is -0.507 e. The summed E-state index contributed by atoms with van der Waals surface area (Å²) in [6.07, 6.45) is 6.08. The zero-order valence-electron chi connectivity index (χ0n) is 18.0. The molecule has 7 heteroatoms. The van der Waals surface area contributed by atoms with Crippen LogP contribution in [0.1, 0.15) is 39.5 Å². The monoisotopic (exact) mass is 441 g/mol. The first-order valence-electron chi connectivity index (χ1n) is 11.2. The number of aromatic nitrogens is 2. The quantitative estimate of drug-likeness (QED) is 0.629. The van der Waals surface area contributed by atoms with Crippen LogP contribution in [0.2, 0.25) is 0 Å². The molecule has 6 rings (SSSR count). The zero-order chi connectivity index (χ0) is 22.5. The first-order chi connectivity index (χ1) is 16.1. The number of nitrogens with zero attached hydrogens (tertiary/aromatic N) is 3. The molecule has 2 bridgehead atoms. The SMILES string of the molecule is O=C1C(=Cc2cccnc2)Oc2c1ccc(O)c2CN1CC2CC(C1)c1cccc(=O)n1C2. The van der Waals surface area contributed by atoms with E-state index in [-0.39, 0.29) is 28.8 Å². The van der Waals surface area contributed by atoms with Crippen LogP contribution in [-0.2, 0) is 13.1 Å². The highest BCUT2D eigenvalue weighted by Gasteiger charge is 2.36. The number of aromatic hydroxyl groups is 1. The van der Waals surface area contributed by atoms with E-state index in [0.717, 1.165) is 30.8 Å². The Bertz CT molecular complexity index is 1350. The summed E-state index contributed by atoms with van der Waals surface area (Å²) in [6.45, 7) is 2.81. The number of piperidine rings is 1. The molecule has 3 aromatic rings. The first kappa shape index (κ1) is 19.9. The van der Waals surface area contributed by atoms with Crippen molar-refractivity contribution in [2.45, 2.75) is 25.4 Å². The van der Waals surface area contributed by atoms with Gasteiger partial charge < -0.3 is 14.4 Å². The fraction of sp³-hybridized carbons (Fsp3) is 0.269. The molecule has 0 aliphatic carbocycles. The van der Waals surface area contributed by atoms with Gasteiger partial charge in [-0.2, -0.15) is 0 Å². The lowest BCUT2D eigenvalue weighted by atomic mass is 9.83. The van der Waals surface area contributed by atoms with Crippen molar-refractivity contribution in [1.29, 1.82) is 0 Å². The van der Waals surface area contributed by atoms with E-state index < -0.39 is 0 Å². The molecule has 1 saturated heterocycles. The summed E-state index contributed by atoms with van der Waals surface area (Å²) in [6, 6.07) is 12.3. The number of carbonyl (C=O) groups excluding carboxylic acids is 1. The molecule has 166 valence electrons. The Morgan fingerprint density at radius 1 is 1.09 bits per heavy atom. The van der Waals surface area contributed by atoms with Crippen LogP contribution in [0.5, 0.6) is 11.5 Å². The van der Waals surface area contributed by atoms with Crippen molar-refractivity contribution in [2.24, 2.45) is 5.92 Å². The van der Waals surface area contributed by atoms with Gasteiger partial charge in [0, 0.05) is 56.3 Å². The van der Waals surface area contributed by atoms with Gasteiger partial charge in [-0.3, -0.25) is 19.5 Å². The molecule has 3 aliphatic rings. The number of ether oxygens (including phenoxy) is 1. The zero-order valence-corrected chi connectivity index (χ0v) is 18.0. The van der Waals surface area contributed by atoms with Gasteiger partial charge >= 0.3 is 0 Å². The average Bonchev–Trinajstić information content (AvgIpc) is 3.12. The Hall–Kier alpha value is -3.71. The van der Waals surface area contributed by atoms with E-state index in [9.17, 15) is 14.7 Å². The number of hydrogen-bond donors (Lipinski definition) is 1. The minimum atomic E-state index is -0.195. The largest absolute Gasteiger partial charge is 0.507 e. The molecule has 1 N–H and O–H groups in total. The maximum Gasteiger partial charge on any atom is 0.250 e. The van der Waals surface area contributed by atoms with Gasteiger partial charge in [0.1, 0.15) is 11.5 Å². The van der Waals surface area contributed by atoms with Crippen molar-refractivity contribution >= 4 is 11.9 Å². The fourth-order valence-electron chi connectivity index (χ4n) is 5.41. The third-order valence-electron chi connectivity index (χ3n) is 6.84. The van der Waals surface area contributed by atoms with Gasteiger partial charge in [-0.05, 0) is 48.2 Å². The minimum absolute atomic E-state index is 0.0639. The Balaban J connectivity index is 1.29. The summed E-state index contributed by atoms with van der Waals surface area (Å²) in [5.74, 6) is 1.24. The molecule has 0 amide bonds. The Kier molecular flexibility index (Phi) is 4.66. The van der Waals surface area contributed by atoms with E-state index in [4.69, 9.17) is 4.74 Å². The predicted octanol–water partition coefficient (Wildman–Crippen LogP) is 3.18. The van der Waals surface area contributed by atoms with E-state index in [0.29, 0.717) is 35.9 Å². The van der Waals surface area contributed by atoms with Crippen molar-refractivity contribution in [2.75, 3.05) is 13.1 Å². The highest BCUT2D eigenvalue weighted by atomic mass is 16.5. The van der Waals surface area contributed by atoms with Gasteiger partial charge in [0.2, 0.25) is 5.78 Å². The number of likely N-dealkylation sites (tertiary alicyclic amines) is 1. The standard InChI is InChI=1S/C26H23N3O4/c30-22-7-6-19-25(32)23(10-16-3-2-8-27-11-16)33-26(19)20(22)15-28-12-17-9-18(14-28)21-4-1-5-24(31)29(21)13-17/h1-8,10-11,17-18,30H,9,12-15H2. The van der Waals surface area contributed by atoms with Gasteiger partial charge in [0.05, 0.1) is 11.1 Å². The molecule has 7 nitrogen and oxygen atoms in total. The maximum atomic E-state index is 12.9. The highest BCUT2D eigenvalue weighted by molar-refractivity contribution is 6.14. The number of allylic oxidation sites excluding steroid dienone is 1. The molecule has 1 aromatic carbocycles. The summed E-state index contributed by atoms with van der Waals surface area (Å²) >= 11 is 0. The van der Waals surface area contributed by atoms with E-state index >= 15 is 0 Å².